The standard InChI is InChI=1S/C15H13N3O2/c1-10-7-8-17-14(12(10)9-16)18-13(15(19)20)11-5-3-2-4-6-11/h2-8,13H,1H3,(H,17,18)(H,19,20). The molecule has 0 saturated heterocycles. The van der Waals surface area contributed by atoms with Crippen molar-refractivity contribution in [2.75, 3.05) is 5.32 Å². The van der Waals surface area contributed by atoms with Crippen LogP contribution in [-0.4, -0.2) is 16.1 Å². The topological polar surface area (TPSA) is 86.0 Å². The highest BCUT2D eigenvalue weighted by atomic mass is 16.4. The number of benzene rings is 1. The molecule has 1 aromatic carbocycles. The summed E-state index contributed by atoms with van der Waals surface area (Å²) in [4.78, 5) is 15.5. The molecule has 1 heterocycles. The van der Waals surface area contributed by atoms with Gasteiger partial charge in [-0.3, -0.25) is 0 Å². The van der Waals surface area contributed by atoms with E-state index in [1.807, 2.05) is 12.1 Å². The third kappa shape index (κ3) is 2.75. The van der Waals surface area contributed by atoms with Crippen LogP contribution in [0.1, 0.15) is 22.7 Å². The summed E-state index contributed by atoms with van der Waals surface area (Å²) in [5, 5.41) is 21.3. The molecule has 0 fully saturated rings. The lowest BCUT2D eigenvalue weighted by molar-refractivity contribution is -0.138. The summed E-state index contributed by atoms with van der Waals surface area (Å²) in [6.45, 7) is 1.78. The highest BCUT2D eigenvalue weighted by Crippen LogP contribution is 2.22. The summed E-state index contributed by atoms with van der Waals surface area (Å²) in [7, 11) is 0. The Balaban J connectivity index is 2.38. The minimum atomic E-state index is -1.02. The van der Waals surface area contributed by atoms with Crippen molar-refractivity contribution in [1.82, 2.24) is 4.98 Å². The van der Waals surface area contributed by atoms with E-state index in [9.17, 15) is 9.90 Å². The molecular weight excluding hydrogens is 254 g/mol. The van der Waals surface area contributed by atoms with Gasteiger partial charge in [-0.25, -0.2) is 9.78 Å². The molecule has 2 rings (SSSR count). The number of carbonyl (C=O) groups is 1. The van der Waals surface area contributed by atoms with E-state index in [-0.39, 0.29) is 5.82 Å². The summed E-state index contributed by atoms with van der Waals surface area (Å²) in [6, 6.07) is 11.6. The first kappa shape index (κ1) is 13.6. The van der Waals surface area contributed by atoms with Crippen LogP contribution in [0.25, 0.3) is 0 Å². The van der Waals surface area contributed by atoms with Crippen molar-refractivity contribution in [3.63, 3.8) is 0 Å². The Morgan fingerprint density at radius 2 is 2.05 bits per heavy atom. The second kappa shape index (κ2) is 5.85. The van der Waals surface area contributed by atoms with Gasteiger partial charge in [-0.2, -0.15) is 5.26 Å². The molecule has 1 aromatic heterocycles. The zero-order chi connectivity index (χ0) is 14.5. The number of pyridine rings is 1. The van der Waals surface area contributed by atoms with E-state index in [0.29, 0.717) is 11.1 Å². The minimum Gasteiger partial charge on any atom is -0.479 e. The van der Waals surface area contributed by atoms with Crippen LogP contribution >= 0.6 is 0 Å². The van der Waals surface area contributed by atoms with Crippen LogP contribution in [0.3, 0.4) is 0 Å². The maximum Gasteiger partial charge on any atom is 0.330 e. The first-order valence-corrected chi connectivity index (χ1v) is 6.03. The molecule has 0 bridgehead atoms. The molecule has 5 heteroatoms. The Hall–Kier alpha value is -2.87. The highest BCUT2D eigenvalue weighted by molar-refractivity contribution is 5.79. The molecule has 0 aliphatic heterocycles. The van der Waals surface area contributed by atoms with Crippen molar-refractivity contribution < 1.29 is 9.90 Å². The maximum absolute atomic E-state index is 11.4. The average molecular weight is 267 g/mol. The van der Waals surface area contributed by atoms with Gasteiger partial charge in [-0.1, -0.05) is 30.3 Å². The first-order valence-electron chi connectivity index (χ1n) is 6.03. The summed E-state index contributed by atoms with van der Waals surface area (Å²) < 4.78 is 0. The number of rotatable bonds is 4. The zero-order valence-electron chi connectivity index (χ0n) is 10.9. The molecule has 0 saturated carbocycles. The lowest BCUT2D eigenvalue weighted by Crippen LogP contribution is -2.21. The predicted molar refractivity (Wildman–Crippen MR) is 74.1 cm³/mol. The maximum atomic E-state index is 11.4. The molecule has 1 unspecified atom stereocenters. The first-order chi connectivity index (χ1) is 9.63. The van der Waals surface area contributed by atoms with Gasteiger partial charge in [-0.15, -0.1) is 0 Å². The van der Waals surface area contributed by atoms with Crippen LogP contribution < -0.4 is 5.32 Å². The number of carboxylic acid groups (broad SMARTS) is 1. The van der Waals surface area contributed by atoms with Crippen molar-refractivity contribution in [2.45, 2.75) is 13.0 Å². The third-order valence-corrected chi connectivity index (χ3v) is 2.93. The Labute approximate surface area is 116 Å². The Bertz CT molecular complexity index is 663. The zero-order valence-corrected chi connectivity index (χ0v) is 10.9. The van der Waals surface area contributed by atoms with Crippen molar-refractivity contribution in [2.24, 2.45) is 0 Å². The second-order valence-corrected chi connectivity index (χ2v) is 4.29. The van der Waals surface area contributed by atoms with Gasteiger partial charge in [0.15, 0.2) is 6.04 Å². The van der Waals surface area contributed by atoms with Crippen molar-refractivity contribution in [3.05, 3.63) is 59.3 Å². The largest absolute Gasteiger partial charge is 0.479 e. The molecule has 0 aliphatic carbocycles. The Morgan fingerprint density at radius 1 is 1.35 bits per heavy atom. The summed E-state index contributed by atoms with van der Waals surface area (Å²) in [5.74, 6) is -0.743. The molecule has 0 aliphatic rings. The second-order valence-electron chi connectivity index (χ2n) is 4.29. The van der Waals surface area contributed by atoms with Crippen molar-refractivity contribution >= 4 is 11.8 Å². The molecule has 2 N–H and O–H groups in total. The number of hydrogen-bond donors (Lipinski definition) is 2. The lowest BCUT2D eigenvalue weighted by atomic mass is 10.1. The van der Waals surface area contributed by atoms with Crippen molar-refractivity contribution in [3.8, 4) is 6.07 Å². The smallest absolute Gasteiger partial charge is 0.330 e. The number of carboxylic acids is 1. The van der Waals surface area contributed by atoms with Crippen LogP contribution in [-0.2, 0) is 4.79 Å². The number of hydrogen-bond acceptors (Lipinski definition) is 4. The molecule has 1 atom stereocenters. The van der Waals surface area contributed by atoms with Gasteiger partial charge in [-0.05, 0) is 24.1 Å². The fourth-order valence-corrected chi connectivity index (χ4v) is 1.88. The van der Waals surface area contributed by atoms with Gasteiger partial charge in [0.05, 0.1) is 5.56 Å². The van der Waals surface area contributed by atoms with Crippen LogP contribution in [0.4, 0.5) is 5.82 Å². The minimum absolute atomic E-state index is 0.281. The normalized spacial score (nSPS) is 11.4. The Morgan fingerprint density at radius 3 is 2.65 bits per heavy atom. The molecule has 20 heavy (non-hydrogen) atoms. The number of nitriles is 1. The van der Waals surface area contributed by atoms with E-state index < -0.39 is 12.0 Å². The van der Waals surface area contributed by atoms with E-state index in [1.165, 1.54) is 0 Å². The number of aryl methyl sites for hydroxylation is 1. The monoisotopic (exact) mass is 267 g/mol. The Kier molecular flexibility index (Phi) is 3.96. The van der Waals surface area contributed by atoms with Crippen LogP contribution in [0.2, 0.25) is 0 Å². The fourth-order valence-electron chi connectivity index (χ4n) is 1.88. The van der Waals surface area contributed by atoms with Crippen LogP contribution in [0.15, 0.2) is 42.6 Å². The summed E-state index contributed by atoms with van der Waals surface area (Å²) in [6.07, 6.45) is 1.54. The van der Waals surface area contributed by atoms with Crippen molar-refractivity contribution in [1.29, 1.82) is 5.26 Å². The molecule has 0 spiro atoms. The van der Waals surface area contributed by atoms with E-state index >= 15 is 0 Å². The lowest BCUT2D eigenvalue weighted by Gasteiger charge is -2.16. The number of nitrogens with zero attached hydrogens (tertiary/aromatic N) is 2. The number of anilines is 1. The van der Waals surface area contributed by atoms with E-state index in [1.54, 1.807) is 43.5 Å². The van der Waals surface area contributed by atoms with Gasteiger partial charge < -0.3 is 10.4 Å². The SMILES string of the molecule is Cc1ccnc(NC(C(=O)O)c2ccccc2)c1C#N. The molecular formula is C15H13N3O2. The third-order valence-electron chi connectivity index (χ3n) is 2.93. The fraction of sp³-hybridized carbons (Fsp3) is 0.133. The average Bonchev–Trinajstić information content (AvgIpc) is 2.45. The van der Waals surface area contributed by atoms with Gasteiger partial charge in [0.25, 0.3) is 0 Å². The van der Waals surface area contributed by atoms with E-state index in [0.717, 1.165) is 5.56 Å². The highest BCUT2D eigenvalue weighted by Gasteiger charge is 2.21. The van der Waals surface area contributed by atoms with Gasteiger partial charge in [0.1, 0.15) is 11.9 Å². The quantitative estimate of drug-likeness (QED) is 0.888. The summed E-state index contributed by atoms with van der Waals surface area (Å²) >= 11 is 0. The molecule has 0 amide bonds. The number of nitrogens with one attached hydrogen (secondary N) is 1. The predicted octanol–water partition coefficient (Wildman–Crippen LogP) is 2.50. The number of aliphatic carboxylic acids is 1. The van der Waals surface area contributed by atoms with Gasteiger partial charge >= 0.3 is 5.97 Å². The van der Waals surface area contributed by atoms with E-state index in [4.69, 9.17) is 5.26 Å². The van der Waals surface area contributed by atoms with Crippen LogP contribution in [0, 0.1) is 18.3 Å². The number of aromatic nitrogens is 1. The molecule has 100 valence electrons. The van der Waals surface area contributed by atoms with E-state index in [2.05, 4.69) is 10.3 Å². The van der Waals surface area contributed by atoms with Gasteiger partial charge in [0, 0.05) is 6.20 Å². The summed E-state index contributed by atoms with van der Waals surface area (Å²) in [5.41, 5.74) is 1.71. The molecule has 0 radical (unpaired) electrons. The molecule has 2 aromatic rings. The molecule has 5 nitrogen and oxygen atoms in total. The van der Waals surface area contributed by atoms with Crippen LogP contribution in [0.5, 0.6) is 0 Å². The van der Waals surface area contributed by atoms with Gasteiger partial charge in [0.2, 0.25) is 0 Å².